The fraction of sp³-hybridized carbons (Fsp3) is 0.318. The molecule has 1 aromatic heterocycles. The molecule has 2 heterocycles. The van der Waals surface area contributed by atoms with E-state index < -0.39 is 10.0 Å². The number of para-hydroxylation sites is 1. The van der Waals surface area contributed by atoms with Crippen molar-refractivity contribution >= 4 is 15.7 Å². The van der Waals surface area contributed by atoms with E-state index in [1.54, 1.807) is 4.31 Å². The molecule has 152 valence electrons. The molecule has 2 aromatic carbocycles. The first-order valence-electron chi connectivity index (χ1n) is 9.84. The largest absolute Gasteiger partial charge is 0.366 e. The van der Waals surface area contributed by atoms with E-state index in [1.165, 1.54) is 0 Å². The summed E-state index contributed by atoms with van der Waals surface area (Å²) in [4.78, 5) is 2.26. The standard InChI is InChI=1S/C22H26N4O2S/c1-18-22(19(2)26(23-18)21-11-7-4-8-12-21)24-13-15-25(16-14-24)29(27,28)17-20-9-5-3-6-10-20/h3-12H,13-17H2,1-2H3. The van der Waals surface area contributed by atoms with Gasteiger partial charge in [0, 0.05) is 26.2 Å². The van der Waals surface area contributed by atoms with Crippen molar-refractivity contribution in [1.29, 1.82) is 0 Å². The smallest absolute Gasteiger partial charge is 0.218 e. The van der Waals surface area contributed by atoms with E-state index in [-0.39, 0.29) is 5.75 Å². The molecule has 0 atom stereocenters. The number of sulfonamides is 1. The van der Waals surface area contributed by atoms with Gasteiger partial charge in [-0.3, -0.25) is 0 Å². The minimum Gasteiger partial charge on any atom is -0.366 e. The highest BCUT2D eigenvalue weighted by Gasteiger charge is 2.29. The van der Waals surface area contributed by atoms with Crippen LogP contribution < -0.4 is 4.90 Å². The maximum absolute atomic E-state index is 12.8. The van der Waals surface area contributed by atoms with Gasteiger partial charge in [-0.15, -0.1) is 0 Å². The van der Waals surface area contributed by atoms with Gasteiger partial charge in [-0.1, -0.05) is 48.5 Å². The Hall–Kier alpha value is -2.64. The van der Waals surface area contributed by atoms with Crippen LogP contribution in [0.25, 0.3) is 5.69 Å². The third kappa shape index (κ3) is 4.06. The van der Waals surface area contributed by atoms with Gasteiger partial charge in [-0.05, 0) is 31.5 Å². The first-order chi connectivity index (χ1) is 14.0. The zero-order valence-electron chi connectivity index (χ0n) is 16.8. The Morgan fingerprint density at radius 3 is 2.07 bits per heavy atom. The molecule has 0 unspecified atom stereocenters. The molecule has 7 heteroatoms. The van der Waals surface area contributed by atoms with Crippen molar-refractivity contribution < 1.29 is 8.42 Å². The second-order valence-electron chi connectivity index (χ2n) is 7.39. The molecule has 3 aromatic rings. The Kier molecular flexibility index (Phi) is 5.43. The van der Waals surface area contributed by atoms with Crippen molar-refractivity contribution in [2.45, 2.75) is 19.6 Å². The van der Waals surface area contributed by atoms with Crippen LogP contribution in [0.15, 0.2) is 60.7 Å². The predicted octanol–water partition coefficient (Wildman–Crippen LogP) is 3.14. The number of anilines is 1. The fourth-order valence-electron chi connectivity index (χ4n) is 3.98. The van der Waals surface area contributed by atoms with Gasteiger partial charge in [-0.2, -0.15) is 9.40 Å². The molecule has 0 amide bonds. The number of rotatable bonds is 5. The van der Waals surface area contributed by atoms with Gasteiger partial charge in [0.05, 0.1) is 28.5 Å². The minimum atomic E-state index is -3.31. The number of piperazine rings is 1. The summed E-state index contributed by atoms with van der Waals surface area (Å²) in [5.41, 5.74) is 5.00. The molecule has 1 saturated heterocycles. The van der Waals surface area contributed by atoms with Crippen LogP contribution in [-0.2, 0) is 15.8 Å². The van der Waals surface area contributed by atoms with Crippen LogP contribution in [0.5, 0.6) is 0 Å². The van der Waals surface area contributed by atoms with Crippen molar-refractivity contribution in [1.82, 2.24) is 14.1 Å². The second kappa shape index (κ2) is 8.00. The molecule has 29 heavy (non-hydrogen) atoms. The summed E-state index contributed by atoms with van der Waals surface area (Å²) < 4.78 is 29.2. The zero-order chi connectivity index (χ0) is 20.4. The van der Waals surface area contributed by atoms with Gasteiger partial charge in [0.15, 0.2) is 0 Å². The minimum absolute atomic E-state index is 0.0534. The molecule has 6 nitrogen and oxygen atoms in total. The zero-order valence-corrected chi connectivity index (χ0v) is 17.6. The molecular formula is C22H26N4O2S. The Morgan fingerprint density at radius 1 is 0.862 bits per heavy atom. The SMILES string of the molecule is Cc1nn(-c2ccccc2)c(C)c1N1CCN(S(=O)(=O)Cc2ccccc2)CC1. The molecular weight excluding hydrogens is 384 g/mol. The normalized spacial score (nSPS) is 15.6. The first kappa shape index (κ1) is 19.7. The predicted molar refractivity (Wildman–Crippen MR) is 116 cm³/mol. The summed E-state index contributed by atoms with van der Waals surface area (Å²) >= 11 is 0. The first-order valence-corrected chi connectivity index (χ1v) is 11.4. The molecule has 1 fully saturated rings. The lowest BCUT2D eigenvalue weighted by Crippen LogP contribution is -2.49. The number of hydrogen-bond donors (Lipinski definition) is 0. The highest BCUT2D eigenvalue weighted by atomic mass is 32.2. The van der Waals surface area contributed by atoms with E-state index in [9.17, 15) is 8.42 Å². The van der Waals surface area contributed by atoms with Crippen molar-refractivity contribution in [3.8, 4) is 5.69 Å². The number of hydrogen-bond acceptors (Lipinski definition) is 4. The summed E-state index contributed by atoms with van der Waals surface area (Å²) in [6.07, 6.45) is 0. The maximum atomic E-state index is 12.8. The van der Waals surface area contributed by atoms with Crippen molar-refractivity contribution in [3.05, 3.63) is 77.6 Å². The lowest BCUT2D eigenvalue weighted by molar-refractivity contribution is 0.384. The van der Waals surface area contributed by atoms with Crippen LogP contribution in [-0.4, -0.2) is 48.7 Å². The van der Waals surface area contributed by atoms with Gasteiger partial charge in [-0.25, -0.2) is 13.1 Å². The number of benzene rings is 2. The maximum Gasteiger partial charge on any atom is 0.218 e. The molecule has 0 aliphatic carbocycles. The summed E-state index contributed by atoms with van der Waals surface area (Å²) in [7, 11) is -3.31. The van der Waals surface area contributed by atoms with E-state index in [0.29, 0.717) is 26.2 Å². The van der Waals surface area contributed by atoms with Crippen LogP contribution in [0.4, 0.5) is 5.69 Å². The van der Waals surface area contributed by atoms with Crippen LogP contribution in [0.1, 0.15) is 17.0 Å². The topological polar surface area (TPSA) is 58.4 Å². The molecule has 1 aliphatic heterocycles. The number of aromatic nitrogens is 2. The van der Waals surface area contributed by atoms with Crippen molar-refractivity contribution in [2.75, 3.05) is 31.1 Å². The number of nitrogens with zero attached hydrogens (tertiary/aromatic N) is 4. The second-order valence-corrected chi connectivity index (χ2v) is 9.36. The Labute approximate surface area is 172 Å². The third-order valence-electron chi connectivity index (χ3n) is 5.39. The molecule has 0 spiro atoms. The summed E-state index contributed by atoms with van der Waals surface area (Å²) in [5.74, 6) is 0.0534. The molecule has 0 N–H and O–H groups in total. The summed E-state index contributed by atoms with van der Waals surface area (Å²) in [6, 6.07) is 19.4. The van der Waals surface area contributed by atoms with Crippen LogP contribution in [0, 0.1) is 13.8 Å². The van der Waals surface area contributed by atoms with Gasteiger partial charge < -0.3 is 4.90 Å². The van der Waals surface area contributed by atoms with E-state index in [1.807, 2.05) is 72.3 Å². The molecule has 0 saturated carbocycles. The average Bonchev–Trinajstić information content (AvgIpc) is 3.03. The average molecular weight is 411 g/mol. The van der Waals surface area contributed by atoms with Crippen LogP contribution >= 0.6 is 0 Å². The highest BCUT2D eigenvalue weighted by Crippen LogP contribution is 2.28. The van der Waals surface area contributed by atoms with Crippen LogP contribution in [0.2, 0.25) is 0 Å². The highest BCUT2D eigenvalue weighted by molar-refractivity contribution is 7.88. The van der Waals surface area contributed by atoms with Gasteiger partial charge in [0.2, 0.25) is 10.0 Å². The Balaban J connectivity index is 1.48. The summed E-state index contributed by atoms with van der Waals surface area (Å²) in [5, 5.41) is 4.72. The lowest BCUT2D eigenvalue weighted by atomic mass is 10.2. The van der Waals surface area contributed by atoms with E-state index in [4.69, 9.17) is 5.10 Å². The molecule has 0 radical (unpaired) electrons. The van der Waals surface area contributed by atoms with Gasteiger partial charge in [0.25, 0.3) is 0 Å². The van der Waals surface area contributed by atoms with E-state index in [2.05, 4.69) is 11.8 Å². The quantitative estimate of drug-likeness (QED) is 0.648. The monoisotopic (exact) mass is 410 g/mol. The Bertz CT molecular complexity index is 1070. The van der Waals surface area contributed by atoms with Gasteiger partial charge in [0.1, 0.15) is 0 Å². The van der Waals surface area contributed by atoms with Crippen LogP contribution in [0.3, 0.4) is 0 Å². The molecule has 0 bridgehead atoms. The molecule has 1 aliphatic rings. The van der Waals surface area contributed by atoms with Gasteiger partial charge >= 0.3 is 0 Å². The van der Waals surface area contributed by atoms with E-state index >= 15 is 0 Å². The number of aryl methyl sites for hydroxylation is 1. The summed E-state index contributed by atoms with van der Waals surface area (Å²) in [6.45, 7) is 6.39. The third-order valence-corrected chi connectivity index (χ3v) is 7.24. The lowest BCUT2D eigenvalue weighted by Gasteiger charge is -2.35. The fourth-order valence-corrected chi connectivity index (χ4v) is 5.49. The van der Waals surface area contributed by atoms with Crippen molar-refractivity contribution in [3.63, 3.8) is 0 Å². The van der Waals surface area contributed by atoms with E-state index in [0.717, 1.165) is 28.3 Å². The Morgan fingerprint density at radius 2 is 1.45 bits per heavy atom. The molecule has 4 rings (SSSR count). The van der Waals surface area contributed by atoms with Crippen molar-refractivity contribution in [2.24, 2.45) is 0 Å².